The van der Waals surface area contributed by atoms with Gasteiger partial charge in [0.25, 0.3) is 0 Å². The van der Waals surface area contributed by atoms with Gasteiger partial charge in [-0.1, -0.05) is 27.7 Å². The highest BCUT2D eigenvalue weighted by atomic mass is 16.7. The normalized spacial score (nSPS) is 41.6. The van der Waals surface area contributed by atoms with E-state index in [1.807, 2.05) is 53.7 Å². The van der Waals surface area contributed by atoms with Crippen molar-refractivity contribution in [2.45, 2.75) is 154 Å². The van der Waals surface area contributed by atoms with Gasteiger partial charge < -0.3 is 49.2 Å². The number of aliphatic hydroxyl groups excluding tert-OH is 1. The molecular weight excluding hydrogens is 632 g/mol. The number of likely N-dealkylation sites (N-methyl/N-ethyl adjacent to an activating group) is 2. The maximum absolute atomic E-state index is 14.3. The average molecular weight is 699 g/mol. The van der Waals surface area contributed by atoms with Gasteiger partial charge in [-0.05, 0) is 93.9 Å². The minimum Gasteiger partial charge on any atom is -0.457 e. The van der Waals surface area contributed by atoms with Crippen molar-refractivity contribution < 1.29 is 43.2 Å². The number of nitrogens with one attached hydrogen (secondary N) is 2. The number of methoxy groups -OCH3 is 1. The first-order valence-electron chi connectivity index (χ1n) is 18.2. The van der Waals surface area contributed by atoms with Crippen LogP contribution in [0.1, 0.15) is 88.0 Å². The van der Waals surface area contributed by atoms with Crippen LogP contribution < -0.4 is 10.6 Å². The third kappa shape index (κ3) is 9.14. The summed E-state index contributed by atoms with van der Waals surface area (Å²) in [6.07, 6.45) is -2.62. The van der Waals surface area contributed by atoms with Crippen LogP contribution in [0.2, 0.25) is 0 Å². The van der Waals surface area contributed by atoms with Crippen molar-refractivity contribution in [2.75, 3.05) is 41.3 Å². The van der Waals surface area contributed by atoms with Crippen LogP contribution in [0.25, 0.3) is 0 Å². The highest BCUT2D eigenvalue weighted by molar-refractivity contribution is 6.00. The van der Waals surface area contributed by atoms with Crippen LogP contribution in [-0.4, -0.2) is 140 Å². The van der Waals surface area contributed by atoms with E-state index in [2.05, 4.69) is 36.3 Å². The first-order chi connectivity index (χ1) is 22.8. The standard InChI is InChI=1S/C36H66N4O9/c1-14-27-36(15-2)30(38-34(44)49-36)24(8)37-18-21(5)17-35(9,45-13)31(22(6)28(41)23(7)32(43)47-27)48-33-29(42)26(39(10)11)16-25(46-33)19-40(12)20(3)4/h20-27,29-31,33,37,42H,14-19H2,1-13H3,(H,38,44)/t21-,22+,23?,24-,25?,26?,27-,29?,30-,31-,33?,35-,36-/m1/s1. The molecular formula is C36H66N4O9. The van der Waals surface area contributed by atoms with E-state index >= 15 is 0 Å². The van der Waals surface area contributed by atoms with Crippen LogP contribution in [0.15, 0.2) is 0 Å². The number of carbonyl (C=O) groups excluding carboxylic acids is 3. The Morgan fingerprint density at radius 2 is 1.73 bits per heavy atom. The highest BCUT2D eigenvalue weighted by Gasteiger charge is 2.57. The lowest BCUT2D eigenvalue weighted by Crippen LogP contribution is -2.61. The second-order valence-electron chi connectivity index (χ2n) is 15.6. The van der Waals surface area contributed by atoms with Gasteiger partial charge in [-0.15, -0.1) is 0 Å². The summed E-state index contributed by atoms with van der Waals surface area (Å²) in [6, 6.07) is -0.664. The molecule has 0 aromatic carbocycles. The van der Waals surface area contributed by atoms with Gasteiger partial charge in [0.2, 0.25) is 0 Å². The van der Waals surface area contributed by atoms with E-state index in [1.165, 1.54) is 0 Å². The lowest BCUT2D eigenvalue weighted by atomic mass is 9.78. The Kier molecular flexibility index (Phi) is 14.5. The summed E-state index contributed by atoms with van der Waals surface area (Å²) in [5.41, 5.74) is -2.14. The molecule has 3 aliphatic rings. The second-order valence-corrected chi connectivity index (χ2v) is 15.6. The summed E-state index contributed by atoms with van der Waals surface area (Å²) in [6.45, 7) is 18.5. The van der Waals surface area contributed by atoms with Crippen molar-refractivity contribution in [2.24, 2.45) is 17.8 Å². The molecule has 3 N–H and O–H groups in total. The van der Waals surface area contributed by atoms with Crippen molar-refractivity contribution in [1.29, 1.82) is 0 Å². The summed E-state index contributed by atoms with van der Waals surface area (Å²) in [5.74, 6) is -3.04. The van der Waals surface area contributed by atoms with Gasteiger partial charge >= 0.3 is 12.1 Å². The number of hydrogen-bond acceptors (Lipinski definition) is 12. The Bertz CT molecular complexity index is 1130. The van der Waals surface area contributed by atoms with Gasteiger partial charge in [0, 0.05) is 37.7 Å². The number of ketones is 1. The molecule has 13 nitrogen and oxygen atoms in total. The SMILES string of the molecule is CC[C@H]1OC(=O)C(C)C(=O)[C@H](C)[C@@H](OC2OC(CN(C)C(C)C)CC(N(C)C)C2O)[C@](C)(OC)C[C@@H](C)CN[C@H](C)[C@H]2NC(=O)O[C@@]21CC. The number of Topliss-reactive ketones (excluding diaryl/α,β-unsaturated/α-hetero) is 1. The number of cyclic esters (lactones) is 1. The largest absolute Gasteiger partial charge is 0.457 e. The first kappa shape index (κ1) is 41.5. The molecule has 0 aromatic rings. The minimum absolute atomic E-state index is 0.0245. The van der Waals surface area contributed by atoms with E-state index in [-0.39, 0.29) is 29.9 Å². The molecule has 0 aliphatic carbocycles. The molecule has 1 amide bonds. The fraction of sp³-hybridized carbons (Fsp3) is 0.917. The van der Waals surface area contributed by atoms with Gasteiger partial charge in [-0.2, -0.15) is 0 Å². The van der Waals surface area contributed by atoms with Gasteiger partial charge in [-0.3, -0.25) is 9.59 Å². The number of amides is 1. The van der Waals surface area contributed by atoms with Gasteiger partial charge in [0.15, 0.2) is 17.7 Å². The van der Waals surface area contributed by atoms with Crippen molar-refractivity contribution >= 4 is 17.8 Å². The number of hydrogen-bond donors (Lipinski definition) is 3. The van der Waals surface area contributed by atoms with E-state index in [4.69, 9.17) is 23.7 Å². The molecule has 3 saturated heterocycles. The summed E-state index contributed by atoms with van der Waals surface area (Å²) in [5, 5.41) is 18.2. The molecule has 3 aliphatic heterocycles. The topological polar surface area (TPSA) is 148 Å². The number of aliphatic hydroxyl groups is 1. The van der Waals surface area contributed by atoms with Gasteiger partial charge in [0.1, 0.15) is 18.1 Å². The van der Waals surface area contributed by atoms with Crippen molar-refractivity contribution in [3.8, 4) is 0 Å². The number of nitrogens with zero attached hydrogens (tertiary/aromatic N) is 2. The fourth-order valence-electron chi connectivity index (χ4n) is 7.99. The average Bonchev–Trinajstić information content (AvgIpc) is 3.41. The molecule has 0 radical (unpaired) electrons. The Balaban J connectivity index is 2.04. The van der Waals surface area contributed by atoms with Gasteiger partial charge in [-0.25, -0.2) is 4.79 Å². The number of alkyl carbamates (subject to hydrolysis) is 1. The molecule has 3 heterocycles. The van der Waals surface area contributed by atoms with Crippen molar-refractivity contribution in [3.63, 3.8) is 0 Å². The monoisotopic (exact) mass is 698 g/mol. The van der Waals surface area contributed by atoms with Crippen LogP contribution in [0.5, 0.6) is 0 Å². The Labute approximate surface area is 294 Å². The number of rotatable bonds is 9. The van der Waals surface area contributed by atoms with Crippen LogP contribution >= 0.6 is 0 Å². The highest BCUT2D eigenvalue weighted by Crippen LogP contribution is 2.39. The second kappa shape index (κ2) is 17.1. The summed E-state index contributed by atoms with van der Waals surface area (Å²) >= 11 is 0. The van der Waals surface area contributed by atoms with Crippen LogP contribution in [0.3, 0.4) is 0 Å². The Morgan fingerprint density at radius 3 is 2.29 bits per heavy atom. The zero-order valence-corrected chi connectivity index (χ0v) is 32.3. The fourth-order valence-corrected chi connectivity index (χ4v) is 7.99. The van der Waals surface area contributed by atoms with E-state index in [0.717, 1.165) is 0 Å². The maximum Gasteiger partial charge on any atom is 0.408 e. The third-order valence-electron chi connectivity index (χ3n) is 11.4. The lowest BCUT2D eigenvalue weighted by Gasteiger charge is -2.47. The molecule has 3 fully saturated rings. The maximum atomic E-state index is 14.3. The molecule has 0 spiro atoms. The summed E-state index contributed by atoms with van der Waals surface area (Å²) in [7, 11) is 7.48. The Hall–Kier alpha value is -1.87. The molecule has 0 aromatic heterocycles. The van der Waals surface area contributed by atoms with Gasteiger partial charge in [0.05, 0.1) is 23.9 Å². The van der Waals surface area contributed by atoms with Crippen molar-refractivity contribution in [3.05, 3.63) is 0 Å². The predicted molar refractivity (Wildman–Crippen MR) is 186 cm³/mol. The molecule has 0 bridgehead atoms. The lowest BCUT2D eigenvalue weighted by molar-refractivity contribution is -0.299. The third-order valence-corrected chi connectivity index (χ3v) is 11.4. The number of esters is 1. The van der Waals surface area contributed by atoms with Crippen molar-refractivity contribution in [1.82, 2.24) is 20.4 Å². The Morgan fingerprint density at radius 1 is 1.08 bits per heavy atom. The number of ether oxygens (including phenoxy) is 5. The quantitative estimate of drug-likeness (QED) is 0.240. The smallest absolute Gasteiger partial charge is 0.408 e. The zero-order valence-electron chi connectivity index (χ0n) is 32.3. The zero-order chi connectivity index (χ0) is 37.0. The van der Waals surface area contributed by atoms with Crippen LogP contribution in [-0.2, 0) is 33.3 Å². The molecule has 49 heavy (non-hydrogen) atoms. The van der Waals surface area contributed by atoms with E-state index in [1.54, 1.807) is 21.0 Å². The molecule has 13 heteroatoms. The molecule has 3 rings (SSSR count). The van der Waals surface area contributed by atoms with E-state index < -0.39 is 65.7 Å². The minimum atomic E-state index is -1.15. The number of fused-ring (bicyclic) bond motifs is 1. The van der Waals surface area contributed by atoms with E-state index in [9.17, 15) is 19.5 Å². The summed E-state index contributed by atoms with van der Waals surface area (Å²) < 4.78 is 31.5. The van der Waals surface area contributed by atoms with Crippen LogP contribution in [0, 0.1) is 17.8 Å². The number of carbonyl (C=O) groups is 3. The summed E-state index contributed by atoms with van der Waals surface area (Å²) in [4.78, 5) is 44.9. The molecule has 0 saturated carbocycles. The molecule has 5 unspecified atom stereocenters. The molecule has 284 valence electrons. The first-order valence-corrected chi connectivity index (χ1v) is 18.2. The predicted octanol–water partition coefficient (Wildman–Crippen LogP) is 2.96. The van der Waals surface area contributed by atoms with E-state index in [0.29, 0.717) is 44.8 Å². The molecule has 13 atom stereocenters. The van der Waals surface area contributed by atoms with Crippen LogP contribution in [0.4, 0.5) is 4.79 Å².